The molecule has 1 aliphatic heterocycles. The minimum absolute atomic E-state index is 0.332. The number of nitrogens with two attached hydrogens (primary N) is 1. The van der Waals surface area contributed by atoms with Gasteiger partial charge < -0.3 is 10.5 Å². The predicted molar refractivity (Wildman–Crippen MR) is 73.9 cm³/mol. The number of nitrogens with zero attached hydrogens (tertiary/aromatic N) is 2. The number of rotatable bonds is 2. The quantitative estimate of drug-likeness (QED) is 0.928. The van der Waals surface area contributed by atoms with Gasteiger partial charge in [0.1, 0.15) is 0 Å². The number of ether oxygens (including phenoxy) is 1. The number of nitrogen functional groups attached to an aromatic ring is 1. The summed E-state index contributed by atoms with van der Waals surface area (Å²) in [6.07, 6.45) is 2.87. The third-order valence-corrected chi connectivity index (χ3v) is 3.65. The zero-order valence-corrected chi connectivity index (χ0v) is 11.4. The lowest BCUT2D eigenvalue weighted by Gasteiger charge is -2.04. The molecule has 0 radical (unpaired) electrons. The van der Waals surface area contributed by atoms with Crippen LogP contribution in [0.1, 0.15) is 18.0 Å². The van der Waals surface area contributed by atoms with E-state index in [-0.39, 0.29) is 0 Å². The Bertz CT molecular complexity index is 561. The topological polar surface area (TPSA) is 53.1 Å². The molecule has 2 N–H and O–H groups in total. The van der Waals surface area contributed by atoms with Crippen LogP contribution in [0.4, 0.5) is 5.69 Å². The van der Waals surface area contributed by atoms with Gasteiger partial charge in [0.25, 0.3) is 0 Å². The smallest absolute Gasteiger partial charge is 0.0912 e. The van der Waals surface area contributed by atoms with E-state index in [1.807, 2.05) is 35.1 Å². The van der Waals surface area contributed by atoms with Crippen LogP contribution in [0.25, 0.3) is 5.69 Å². The molecule has 94 valence electrons. The van der Waals surface area contributed by atoms with Gasteiger partial charge in [0.05, 0.1) is 29.9 Å². The molecule has 18 heavy (non-hydrogen) atoms. The lowest BCUT2D eigenvalue weighted by molar-refractivity contribution is 0.193. The number of hydrogen-bond donors (Lipinski definition) is 1. The molecule has 4 nitrogen and oxygen atoms in total. The highest BCUT2D eigenvalue weighted by atomic mass is 79.9. The molecule has 0 saturated carbocycles. The zero-order chi connectivity index (χ0) is 12.5. The van der Waals surface area contributed by atoms with Gasteiger partial charge in [-0.1, -0.05) is 22.0 Å². The molecule has 1 atom stereocenters. The second kappa shape index (κ2) is 4.74. The summed E-state index contributed by atoms with van der Waals surface area (Å²) in [7, 11) is 0. The predicted octanol–water partition coefficient (Wildman–Crippen LogP) is 2.72. The summed E-state index contributed by atoms with van der Waals surface area (Å²) in [4.78, 5) is 0. The van der Waals surface area contributed by atoms with Crippen LogP contribution in [0, 0.1) is 0 Å². The Balaban J connectivity index is 1.96. The number of anilines is 1. The maximum absolute atomic E-state index is 6.05. The minimum Gasteiger partial charge on any atom is -0.396 e. The van der Waals surface area contributed by atoms with E-state index in [2.05, 4.69) is 21.0 Å². The fourth-order valence-corrected chi connectivity index (χ4v) is 2.61. The van der Waals surface area contributed by atoms with Gasteiger partial charge in [-0.2, -0.15) is 5.10 Å². The van der Waals surface area contributed by atoms with Crippen LogP contribution in [0.5, 0.6) is 0 Å². The minimum atomic E-state index is 0.332. The van der Waals surface area contributed by atoms with Gasteiger partial charge >= 0.3 is 0 Å². The monoisotopic (exact) mass is 307 g/mol. The molecule has 0 bridgehead atoms. The van der Waals surface area contributed by atoms with Crippen molar-refractivity contribution in [3.8, 4) is 5.69 Å². The molecule has 3 rings (SSSR count). The Kier molecular flexibility index (Phi) is 3.09. The van der Waals surface area contributed by atoms with Gasteiger partial charge in [-0.3, -0.25) is 0 Å². The van der Waals surface area contributed by atoms with Crippen molar-refractivity contribution in [3.63, 3.8) is 0 Å². The first-order valence-electron chi connectivity index (χ1n) is 5.93. The molecule has 2 heterocycles. The van der Waals surface area contributed by atoms with E-state index in [1.54, 1.807) is 0 Å². The Morgan fingerprint density at radius 1 is 1.44 bits per heavy atom. The summed E-state index contributed by atoms with van der Waals surface area (Å²) in [5.74, 6) is 0.332. The van der Waals surface area contributed by atoms with Crippen molar-refractivity contribution in [2.45, 2.75) is 12.3 Å². The largest absolute Gasteiger partial charge is 0.396 e. The first-order valence-corrected chi connectivity index (χ1v) is 6.72. The highest BCUT2D eigenvalue weighted by Crippen LogP contribution is 2.29. The molecule has 0 spiro atoms. The maximum Gasteiger partial charge on any atom is 0.0912 e. The lowest BCUT2D eigenvalue weighted by atomic mass is 10.0. The highest BCUT2D eigenvalue weighted by Gasteiger charge is 2.23. The molecule has 1 aromatic heterocycles. The van der Waals surface area contributed by atoms with E-state index >= 15 is 0 Å². The number of aromatic nitrogens is 2. The fraction of sp³-hybridized carbons (Fsp3) is 0.308. The fourth-order valence-electron chi connectivity index (χ4n) is 2.22. The van der Waals surface area contributed by atoms with Crippen LogP contribution in [0.2, 0.25) is 0 Å². The first-order chi connectivity index (χ1) is 8.74. The molecular weight excluding hydrogens is 294 g/mol. The lowest BCUT2D eigenvalue weighted by Crippen LogP contribution is -2.03. The van der Waals surface area contributed by atoms with Crippen molar-refractivity contribution in [3.05, 3.63) is 40.6 Å². The van der Waals surface area contributed by atoms with Crippen molar-refractivity contribution in [1.29, 1.82) is 0 Å². The van der Waals surface area contributed by atoms with Gasteiger partial charge in [-0.25, -0.2) is 4.68 Å². The van der Waals surface area contributed by atoms with Crippen molar-refractivity contribution >= 4 is 21.6 Å². The van der Waals surface area contributed by atoms with Crippen molar-refractivity contribution in [2.75, 3.05) is 18.9 Å². The van der Waals surface area contributed by atoms with E-state index in [4.69, 9.17) is 10.5 Å². The number of benzene rings is 1. The molecule has 0 aliphatic carbocycles. The Hall–Kier alpha value is -1.33. The number of hydrogen-bond acceptors (Lipinski definition) is 3. The van der Waals surface area contributed by atoms with Gasteiger partial charge in [0, 0.05) is 17.0 Å². The summed E-state index contributed by atoms with van der Waals surface area (Å²) in [5, 5.41) is 4.59. The second-order valence-corrected chi connectivity index (χ2v) is 5.37. The standard InChI is InChI=1S/C13H14BrN3O/c14-10-2-1-3-11(6-10)17-7-12(15)13(16-17)9-4-5-18-8-9/h1-3,6-7,9H,4-5,8,15H2. The van der Waals surface area contributed by atoms with Crippen molar-refractivity contribution < 1.29 is 4.74 Å². The third kappa shape index (κ3) is 2.15. The molecule has 1 fully saturated rings. The van der Waals surface area contributed by atoms with Crippen LogP contribution in [0.15, 0.2) is 34.9 Å². The van der Waals surface area contributed by atoms with E-state index in [0.29, 0.717) is 5.92 Å². The van der Waals surface area contributed by atoms with E-state index < -0.39 is 0 Å². The molecule has 2 aromatic rings. The van der Waals surface area contributed by atoms with Crippen LogP contribution in [-0.4, -0.2) is 23.0 Å². The van der Waals surface area contributed by atoms with Crippen molar-refractivity contribution in [1.82, 2.24) is 9.78 Å². The molecule has 1 unspecified atom stereocenters. The average Bonchev–Trinajstić information content (AvgIpc) is 2.97. The molecular formula is C13H14BrN3O. The van der Waals surface area contributed by atoms with Crippen molar-refractivity contribution in [2.24, 2.45) is 0 Å². The van der Waals surface area contributed by atoms with Crippen LogP contribution < -0.4 is 5.73 Å². The summed E-state index contributed by atoms with van der Waals surface area (Å²) in [6.45, 7) is 1.52. The number of halogens is 1. The second-order valence-electron chi connectivity index (χ2n) is 4.45. The summed E-state index contributed by atoms with van der Waals surface area (Å²) >= 11 is 3.46. The van der Waals surface area contributed by atoms with Crippen LogP contribution in [-0.2, 0) is 4.74 Å². The zero-order valence-electron chi connectivity index (χ0n) is 9.84. The van der Waals surface area contributed by atoms with Gasteiger partial charge in [0.15, 0.2) is 0 Å². The molecule has 1 aliphatic rings. The molecule has 5 heteroatoms. The average molecular weight is 308 g/mol. The molecule has 1 saturated heterocycles. The Morgan fingerprint density at radius 2 is 2.33 bits per heavy atom. The Morgan fingerprint density at radius 3 is 3.06 bits per heavy atom. The third-order valence-electron chi connectivity index (χ3n) is 3.16. The SMILES string of the molecule is Nc1cn(-c2cccc(Br)c2)nc1C1CCOC1. The molecule has 0 amide bonds. The summed E-state index contributed by atoms with van der Waals surface area (Å²) in [6, 6.07) is 7.99. The maximum atomic E-state index is 6.05. The van der Waals surface area contributed by atoms with Gasteiger partial charge in [0.2, 0.25) is 0 Å². The van der Waals surface area contributed by atoms with Crippen LogP contribution >= 0.6 is 15.9 Å². The first kappa shape index (κ1) is 11.7. The molecule has 1 aromatic carbocycles. The van der Waals surface area contributed by atoms with Crippen LogP contribution in [0.3, 0.4) is 0 Å². The van der Waals surface area contributed by atoms with Gasteiger partial charge in [-0.15, -0.1) is 0 Å². The van der Waals surface area contributed by atoms with Gasteiger partial charge in [-0.05, 0) is 24.6 Å². The van der Waals surface area contributed by atoms with E-state index in [0.717, 1.165) is 41.2 Å². The van der Waals surface area contributed by atoms with E-state index in [9.17, 15) is 0 Å². The van der Waals surface area contributed by atoms with E-state index in [1.165, 1.54) is 0 Å². The highest BCUT2D eigenvalue weighted by molar-refractivity contribution is 9.10. The Labute approximate surface area is 114 Å². The normalized spacial score (nSPS) is 19.3. The summed E-state index contributed by atoms with van der Waals surface area (Å²) in [5.41, 5.74) is 8.74. The summed E-state index contributed by atoms with van der Waals surface area (Å²) < 4.78 is 8.24.